The molecular weight excluding hydrogens is 269 g/mol. The highest BCUT2D eigenvalue weighted by Crippen LogP contribution is 2.30. The lowest BCUT2D eigenvalue weighted by atomic mass is 9.78. The molecule has 0 radical (unpaired) electrons. The maximum absolute atomic E-state index is 12.0. The van der Waals surface area contributed by atoms with Gasteiger partial charge in [0.05, 0.1) is 5.60 Å². The Morgan fingerprint density at radius 1 is 1.38 bits per heavy atom. The van der Waals surface area contributed by atoms with Crippen molar-refractivity contribution in [3.63, 3.8) is 0 Å². The van der Waals surface area contributed by atoms with Crippen LogP contribution in [-0.4, -0.2) is 28.0 Å². The number of rotatable bonds is 2. The van der Waals surface area contributed by atoms with Gasteiger partial charge in [-0.1, -0.05) is 6.07 Å². The molecule has 1 aromatic heterocycles. The molecule has 1 aliphatic rings. The van der Waals surface area contributed by atoms with Crippen LogP contribution in [0.15, 0.2) is 36.8 Å². The first-order valence-electron chi connectivity index (χ1n) is 6.55. The summed E-state index contributed by atoms with van der Waals surface area (Å²) in [5.74, 6) is -0.329. The minimum Gasteiger partial charge on any atom is -0.423 e. The van der Waals surface area contributed by atoms with Crippen LogP contribution in [0.1, 0.15) is 29.9 Å². The van der Waals surface area contributed by atoms with Gasteiger partial charge < -0.3 is 15.0 Å². The second kappa shape index (κ2) is 4.94. The van der Waals surface area contributed by atoms with Gasteiger partial charge in [0.15, 0.2) is 0 Å². The van der Waals surface area contributed by atoms with E-state index in [0.29, 0.717) is 11.2 Å². The quantitative estimate of drug-likeness (QED) is 0.792. The zero-order valence-corrected chi connectivity index (χ0v) is 11.7. The summed E-state index contributed by atoms with van der Waals surface area (Å²) in [6.07, 6.45) is 2.82. The second-order valence-electron chi connectivity index (χ2n) is 5.33. The molecule has 106 valence electrons. The number of nitrogens with one attached hydrogen (secondary N) is 1. The first-order chi connectivity index (χ1) is 9.97. The van der Waals surface area contributed by atoms with E-state index in [1.165, 1.54) is 18.6 Å². The third-order valence-electron chi connectivity index (χ3n) is 3.44. The van der Waals surface area contributed by atoms with Crippen LogP contribution in [-0.2, 0) is 10.3 Å². The first kappa shape index (κ1) is 13.7. The minimum absolute atomic E-state index is 0.280. The normalized spacial score (nSPS) is 15.7. The van der Waals surface area contributed by atoms with Crippen molar-refractivity contribution < 1.29 is 14.5 Å². The predicted molar refractivity (Wildman–Crippen MR) is 78.1 cm³/mol. The number of nitrogens with zero attached hydrogens (tertiary/aromatic N) is 2. The molecule has 0 aliphatic carbocycles. The molecule has 21 heavy (non-hydrogen) atoms. The maximum Gasteiger partial charge on any atom is 0.492 e. The van der Waals surface area contributed by atoms with E-state index >= 15 is 0 Å². The second-order valence-corrected chi connectivity index (χ2v) is 5.33. The van der Waals surface area contributed by atoms with Gasteiger partial charge in [-0.25, -0.2) is 9.97 Å². The van der Waals surface area contributed by atoms with Gasteiger partial charge in [-0.2, -0.15) is 0 Å². The molecule has 0 fully saturated rings. The zero-order valence-electron chi connectivity index (χ0n) is 11.7. The number of fused-ring (bicyclic) bond motifs is 1. The molecule has 2 N–H and O–H groups in total. The molecule has 1 amide bonds. The predicted octanol–water partition coefficient (Wildman–Crippen LogP) is 0.682. The lowest BCUT2D eigenvalue weighted by Gasteiger charge is -2.19. The summed E-state index contributed by atoms with van der Waals surface area (Å²) in [7, 11) is -0.981. The largest absolute Gasteiger partial charge is 0.492 e. The topological polar surface area (TPSA) is 84.3 Å². The number of amides is 1. The molecule has 6 nitrogen and oxygen atoms in total. The van der Waals surface area contributed by atoms with E-state index < -0.39 is 12.7 Å². The fraction of sp³-hybridized carbons (Fsp3) is 0.214. The summed E-state index contributed by atoms with van der Waals surface area (Å²) >= 11 is 0. The van der Waals surface area contributed by atoms with Crippen molar-refractivity contribution in [1.29, 1.82) is 0 Å². The van der Waals surface area contributed by atoms with Gasteiger partial charge in [0.25, 0.3) is 5.91 Å². The van der Waals surface area contributed by atoms with Crippen molar-refractivity contribution in [2.45, 2.75) is 19.4 Å². The van der Waals surface area contributed by atoms with Crippen LogP contribution in [0.5, 0.6) is 0 Å². The van der Waals surface area contributed by atoms with Crippen LogP contribution in [0.25, 0.3) is 0 Å². The van der Waals surface area contributed by atoms with Gasteiger partial charge in [0.2, 0.25) is 0 Å². The minimum atomic E-state index is -0.981. The summed E-state index contributed by atoms with van der Waals surface area (Å²) in [5.41, 5.74) is 1.90. The average molecular weight is 283 g/mol. The van der Waals surface area contributed by atoms with Gasteiger partial charge in [-0.05, 0) is 43.1 Å². The highest BCUT2D eigenvalue weighted by molar-refractivity contribution is 6.62. The molecule has 0 saturated carbocycles. The summed E-state index contributed by atoms with van der Waals surface area (Å²) < 4.78 is 5.49. The van der Waals surface area contributed by atoms with Crippen molar-refractivity contribution in [3.8, 4) is 0 Å². The molecule has 0 spiro atoms. The molecule has 0 unspecified atom stereocenters. The smallest absolute Gasteiger partial charge is 0.423 e. The summed E-state index contributed by atoms with van der Waals surface area (Å²) in [6.45, 7) is 3.78. The third kappa shape index (κ3) is 2.53. The van der Waals surface area contributed by atoms with Crippen molar-refractivity contribution in [2.75, 3.05) is 5.32 Å². The number of aromatic nitrogens is 2. The highest BCUT2D eigenvalue weighted by Gasteiger charge is 2.40. The lowest BCUT2D eigenvalue weighted by Crippen LogP contribution is -2.29. The van der Waals surface area contributed by atoms with Gasteiger partial charge in [-0.15, -0.1) is 0 Å². The molecule has 3 rings (SSSR count). The van der Waals surface area contributed by atoms with Crippen molar-refractivity contribution in [1.82, 2.24) is 9.97 Å². The van der Waals surface area contributed by atoms with Crippen LogP contribution < -0.4 is 10.8 Å². The molecule has 7 heteroatoms. The van der Waals surface area contributed by atoms with E-state index in [2.05, 4.69) is 15.3 Å². The molecule has 0 bridgehead atoms. The molecule has 1 aliphatic heterocycles. The van der Waals surface area contributed by atoms with Gasteiger partial charge in [0, 0.05) is 11.9 Å². The van der Waals surface area contributed by atoms with Gasteiger partial charge in [-0.3, -0.25) is 4.79 Å². The van der Waals surface area contributed by atoms with E-state index in [-0.39, 0.29) is 11.6 Å². The first-order valence-corrected chi connectivity index (χ1v) is 6.55. The van der Waals surface area contributed by atoms with Crippen LogP contribution in [0.4, 0.5) is 5.69 Å². The standard InChI is InChI=1S/C14H14BN3O3/c1-14(2)10-4-3-9(7-11(10)15(20)21-14)18-13(19)12-5-6-16-8-17-12/h3-8,20H,1-2H3,(H,18,19). The molecule has 1 aromatic carbocycles. The Bertz CT molecular complexity index is 691. The van der Waals surface area contributed by atoms with Crippen LogP contribution in [0.2, 0.25) is 0 Å². The van der Waals surface area contributed by atoms with Gasteiger partial charge in [0.1, 0.15) is 12.0 Å². The van der Waals surface area contributed by atoms with E-state index in [9.17, 15) is 9.82 Å². The zero-order chi connectivity index (χ0) is 15.0. The molecule has 2 aromatic rings. The Morgan fingerprint density at radius 3 is 2.90 bits per heavy atom. The Kier molecular flexibility index (Phi) is 3.23. The molecular formula is C14H14BN3O3. The van der Waals surface area contributed by atoms with Crippen molar-refractivity contribution in [3.05, 3.63) is 48.0 Å². The SMILES string of the molecule is CC1(C)OB(O)c2cc(NC(=O)c3ccncn3)ccc21. The van der Waals surface area contributed by atoms with Crippen LogP contribution in [0.3, 0.4) is 0 Å². The van der Waals surface area contributed by atoms with Gasteiger partial charge >= 0.3 is 7.12 Å². The third-order valence-corrected chi connectivity index (χ3v) is 3.44. The Balaban J connectivity index is 1.86. The molecule has 0 atom stereocenters. The van der Waals surface area contributed by atoms with Crippen molar-refractivity contribution >= 4 is 24.2 Å². The van der Waals surface area contributed by atoms with Crippen LogP contribution >= 0.6 is 0 Å². The average Bonchev–Trinajstić information content (AvgIpc) is 2.69. The molecule has 0 saturated heterocycles. The number of anilines is 1. The summed E-state index contributed by atoms with van der Waals surface area (Å²) in [4.78, 5) is 19.7. The summed E-state index contributed by atoms with van der Waals surface area (Å²) in [6, 6.07) is 6.87. The number of hydrogen-bond donors (Lipinski definition) is 2. The highest BCUT2D eigenvalue weighted by atomic mass is 16.5. The van der Waals surface area contributed by atoms with E-state index in [0.717, 1.165) is 5.56 Å². The Hall–Kier alpha value is -2.25. The fourth-order valence-corrected chi connectivity index (χ4v) is 2.42. The monoisotopic (exact) mass is 283 g/mol. The fourth-order valence-electron chi connectivity index (χ4n) is 2.42. The Morgan fingerprint density at radius 2 is 2.19 bits per heavy atom. The van der Waals surface area contributed by atoms with E-state index in [4.69, 9.17) is 4.65 Å². The lowest BCUT2D eigenvalue weighted by molar-refractivity contribution is 0.100. The van der Waals surface area contributed by atoms with E-state index in [1.807, 2.05) is 19.9 Å². The van der Waals surface area contributed by atoms with Crippen LogP contribution in [0, 0.1) is 0 Å². The molecule has 2 heterocycles. The number of benzene rings is 1. The number of carbonyl (C=O) groups is 1. The van der Waals surface area contributed by atoms with E-state index in [1.54, 1.807) is 12.1 Å². The van der Waals surface area contributed by atoms with Crippen molar-refractivity contribution in [2.24, 2.45) is 0 Å². The number of carbonyl (C=O) groups excluding carboxylic acids is 1. The summed E-state index contributed by atoms with van der Waals surface area (Å²) in [5, 5.41) is 12.7. The maximum atomic E-state index is 12.0. The number of hydrogen-bond acceptors (Lipinski definition) is 5. The Labute approximate surface area is 122 Å².